The summed E-state index contributed by atoms with van der Waals surface area (Å²) in [6, 6.07) is 10.9. The van der Waals surface area contributed by atoms with E-state index in [-0.39, 0.29) is 10.8 Å². The van der Waals surface area contributed by atoms with Gasteiger partial charge in [-0.2, -0.15) is 4.31 Å². The Hall–Kier alpha value is -2.58. The molecule has 1 saturated heterocycles. The molecule has 0 aromatic heterocycles. The maximum absolute atomic E-state index is 13.0. The SMILES string of the molecule is COc1ccc(NC(=O)C2CCCN2S(=O)(=O)c2ccc(C)cc2)c(OC)c1. The maximum atomic E-state index is 13.0. The van der Waals surface area contributed by atoms with Gasteiger partial charge in [-0.05, 0) is 44.0 Å². The second-order valence-electron chi connectivity index (χ2n) is 6.64. The van der Waals surface area contributed by atoms with Crippen molar-refractivity contribution in [1.82, 2.24) is 4.31 Å². The van der Waals surface area contributed by atoms with E-state index in [4.69, 9.17) is 9.47 Å². The van der Waals surface area contributed by atoms with Gasteiger partial charge in [-0.15, -0.1) is 0 Å². The number of anilines is 1. The second-order valence-corrected chi connectivity index (χ2v) is 8.53. The molecule has 0 bridgehead atoms. The van der Waals surface area contributed by atoms with Crippen molar-refractivity contribution in [3.8, 4) is 11.5 Å². The van der Waals surface area contributed by atoms with Crippen LogP contribution in [-0.4, -0.2) is 45.4 Å². The number of nitrogens with zero attached hydrogens (tertiary/aromatic N) is 1. The van der Waals surface area contributed by atoms with Crippen molar-refractivity contribution in [2.75, 3.05) is 26.1 Å². The highest BCUT2D eigenvalue weighted by molar-refractivity contribution is 7.89. The van der Waals surface area contributed by atoms with Gasteiger partial charge in [0.25, 0.3) is 0 Å². The van der Waals surface area contributed by atoms with Crippen LogP contribution in [0.15, 0.2) is 47.4 Å². The summed E-state index contributed by atoms with van der Waals surface area (Å²) >= 11 is 0. The van der Waals surface area contributed by atoms with Gasteiger partial charge in [0.1, 0.15) is 17.5 Å². The van der Waals surface area contributed by atoms with Gasteiger partial charge in [0.15, 0.2) is 0 Å². The fourth-order valence-electron chi connectivity index (χ4n) is 3.25. The van der Waals surface area contributed by atoms with E-state index in [2.05, 4.69) is 5.32 Å². The van der Waals surface area contributed by atoms with E-state index < -0.39 is 16.1 Å². The third-order valence-corrected chi connectivity index (χ3v) is 6.72. The molecule has 1 unspecified atom stereocenters. The molecule has 2 aromatic rings. The summed E-state index contributed by atoms with van der Waals surface area (Å²) in [5, 5.41) is 2.79. The molecule has 8 heteroatoms. The van der Waals surface area contributed by atoms with Crippen LogP contribution in [0.1, 0.15) is 18.4 Å². The number of methoxy groups -OCH3 is 2. The quantitative estimate of drug-likeness (QED) is 0.800. The van der Waals surface area contributed by atoms with Crippen LogP contribution < -0.4 is 14.8 Å². The van der Waals surface area contributed by atoms with E-state index in [1.165, 1.54) is 11.4 Å². The molecule has 3 rings (SSSR count). The molecule has 0 saturated carbocycles. The van der Waals surface area contributed by atoms with Crippen LogP contribution >= 0.6 is 0 Å². The van der Waals surface area contributed by atoms with Gasteiger partial charge in [0.05, 0.1) is 24.8 Å². The number of carbonyl (C=O) groups excluding carboxylic acids is 1. The van der Waals surface area contributed by atoms with Crippen LogP contribution in [0.2, 0.25) is 0 Å². The first-order valence-electron chi connectivity index (χ1n) is 8.98. The summed E-state index contributed by atoms with van der Waals surface area (Å²) in [6.45, 7) is 2.21. The predicted octanol–water partition coefficient (Wildman–Crippen LogP) is 2.80. The van der Waals surface area contributed by atoms with Gasteiger partial charge >= 0.3 is 0 Å². The lowest BCUT2D eigenvalue weighted by Gasteiger charge is -2.24. The van der Waals surface area contributed by atoms with Crippen LogP contribution in [0, 0.1) is 6.92 Å². The van der Waals surface area contributed by atoms with Crippen molar-refractivity contribution in [2.45, 2.75) is 30.7 Å². The highest BCUT2D eigenvalue weighted by Crippen LogP contribution is 2.31. The number of benzene rings is 2. The first-order valence-corrected chi connectivity index (χ1v) is 10.4. The number of rotatable bonds is 6. The summed E-state index contributed by atoms with van der Waals surface area (Å²) < 4.78 is 37.8. The normalized spacial score (nSPS) is 17.3. The number of ether oxygens (including phenoxy) is 2. The van der Waals surface area contributed by atoms with E-state index in [0.29, 0.717) is 36.6 Å². The molecule has 0 radical (unpaired) electrons. The molecule has 0 aliphatic carbocycles. The Kier molecular flexibility index (Phi) is 5.90. The minimum atomic E-state index is -3.75. The molecule has 1 aliphatic heterocycles. The Morgan fingerprint density at radius 3 is 2.46 bits per heavy atom. The first-order chi connectivity index (χ1) is 13.4. The summed E-state index contributed by atoms with van der Waals surface area (Å²) in [5.41, 5.74) is 1.44. The zero-order valence-corrected chi connectivity index (χ0v) is 17.0. The average molecular weight is 404 g/mol. The summed E-state index contributed by atoms with van der Waals surface area (Å²) in [7, 11) is -0.712. The highest BCUT2D eigenvalue weighted by atomic mass is 32.2. The number of sulfonamides is 1. The Morgan fingerprint density at radius 2 is 1.82 bits per heavy atom. The topological polar surface area (TPSA) is 84.9 Å². The minimum absolute atomic E-state index is 0.194. The summed E-state index contributed by atoms with van der Waals surface area (Å²) in [5.74, 6) is 0.662. The molecular weight excluding hydrogens is 380 g/mol. The van der Waals surface area contributed by atoms with E-state index in [1.807, 2.05) is 6.92 Å². The van der Waals surface area contributed by atoms with E-state index >= 15 is 0 Å². The third-order valence-electron chi connectivity index (χ3n) is 4.80. The van der Waals surface area contributed by atoms with Gasteiger partial charge in [-0.25, -0.2) is 8.42 Å². The van der Waals surface area contributed by atoms with Crippen LogP contribution in [0.5, 0.6) is 11.5 Å². The Morgan fingerprint density at radius 1 is 1.11 bits per heavy atom. The highest BCUT2D eigenvalue weighted by Gasteiger charge is 2.39. The van der Waals surface area contributed by atoms with Crippen LogP contribution in [0.3, 0.4) is 0 Å². The van der Waals surface area contributed by atoms with Crippen molar-refractivity contribution in [1.29, 1.82) is 0 Å². The number of amides is 1. The van der Waals surface area contributed by atoms with Crippen molar-refractivity contribution in [3.05, 3.63) is 48.0 Å². The molecule has 28 heavy (non-hydrogen) atoms. The van der Waals surface area contributed by atoms with Gasteiger partial charge < -0.3 is 14.8 Å². The van der Waals surface area contributed by atoms with Crippen molar-refractivity contribution in [2.24, 2.45) is 0 Å². The summed E-state index contributed by atoms with van der Waals surface area (Å²) in [6.07, 6.45) is 1.10. The van der Waals surface area contributed by atoms with Gasteiger partial charge in [-0.3, -0.25) is 4.79 Å². The lowest BCUT2D eigenvalue weighted by atomic mass is 10.2. The Balaban J connectivity index is 1.83. The number of nitrogens with one attached hydrogen (secondary N) is 1. The molecular formula is C20H24N2O5S. The van der Waals surface area contributed by atoms with Gasteiger partial charge in [0.2, 0.25) is 15.9 Å². The maximum Gasteiger partial charge on any atom is 0.243 e. The smallest absolute Gasteiger partial charge is 0.243 e. The molecule has 1 N–H and O–H groups in total. The van der Waals surface area contributed by atoms with Gasteiger partial charge in [-0.1, -0.05) is 17.7 Å². The predicted molar refractivity (Wildman–Crippen MR) is 106 cm³/mol. The number of hydrogen-bond donors (Lipinski definition) is 1. The Labute approximate surface area is 165 Å². The molecule has 2 aromatic carbocycles. The minimum Gasteiger partial charge on any atom is -0.497 e. The van der Waals surface area contributed by atoms with Gasteiger partial charge in [0, 0.05) is 12.6 Å². The fourth-order valence-corrected chi connectivity index (χ4v) is 4.91. The number of hydrogen-bond acceptors (Lipinski definition) is 5. The van der Waals surface area contributed by atoms with Crippen molar-refractivity contribution < 1.29 is 22.7 Å². The molecule has 150 valence electrons. The Bertz CT molecular complexity index is 957. The zero-order chi connectivity index (χ0) is 20.3. The average Bonchev–Trinajstić information content (AvgIpc) is 3.19. The monoisotopic (exact) mass is 404 g/mol. The standard InChI is InChI=1S/C20H24N2O5S/c1-14-6-9-16(10-7-14)28(24,25)22-12-4-5-18(22)20(23)21-17-11-8-15(26-2)13-19(17)27-3/h6-11,13,18H,4-5,12H2,1-3H3,(H,21,23). The van der Waals surface area contributed by atoms with E-state index in [1.54, 1.807) is 49.6 Å². The van der Waals surface area contributed by atoms with Crippen LogP contribution in [0.25, 0.3) is 0 Å². The molecule has 7 nitrogen and oxygen atoms in total. The largest absolute Gasteiger partial charge is 0.497 e. The number of carbonyl (C=O) groups is 1. The van der Waals surface area contributed by atoms with Crippen LogP contribution in [0.4, 0.5) is 5.69 Å². The van der Waals surface area contributed by atoms with Crippen molar-refractivity contribution >= 4 is 21.6 Å². The number of aryl methyl sites for hydroxylation is 1. The first kappa shape index (κ1) is 20.2. The molecule has 1 atom stereocenters. The van der Waals surface area contributed by atoms with Crippen LogP contribution in [-0.2, 0) is 14.8 Å². The zero-order valence-electron chi connectivity index (χ0n) is 16.1. The summed E-state index contributed by atoms with van der Waals surface area (Å²) in [4.78, 5) is 13.1. The van der Waals surface area contributed by atoms with E-state index in [9.17, 15) is 13.2 Å². The molecule has 1 amide bonds. The molecule has 0 spiro atoms. The lowest BCUT2D eigenvalue weighted by molar-refractivity contribution is -0.119. The molecule has 1 heterocycles. The third kappa shape index (κ3) is 3.98. The fraction of sp³-hybridized carbons (Fsp3) is 0.350. The molecule has 1 fully saturated rings. The molecule has 1 aliphatic rings. The second kappa shape index (κ2) is 8.20. The van der Waals surface area contributed by atoms with Crippen molar-refractivity contribution in [3.63, 3.8) is 0 Å². The van der Waals surface area contributed by atoms with E-state index in [0.717, 1.165) is 5.56 Å². The lowest BCUT2D eigenvalue weighted by Crippen LogP contribution is -2.43.